The van der Waals surface area contributed by atoms with E-state index in [4.69, 9.17) is 0 Å². The molecule has 1 fully saturated rings. The molecule has 0 bridgehead atoms. The third-order valence-corrected chi connectivity index (χ3v) is 3.85. The summed E-state index contributed by atoms with van der Waals surface area (Å²) in [5, 5.41) is 13.2. The van der Waals surface area contributed by atoms with E-state index in [0.29, 0.717) is 12.0 Å². The van der Waals surface area contributed by atoms with Crippen LogP contribution in [-0.2, 0) is 0 Å². The van der Waals surface area contributed by atoms with Crippen molar-refractivity contribution in [3.05, 3.63) is 35.4 Å². The number of hydrogen-bond acceptors (Lipinski definition) is 2. The van der Waals surface area contributed by atoms with Gasteiger partial charge in [-0.15, -0.1) is 0 Å². The minimum absolute atomic E-state index is 0.0244. The molecule has 3 atom stereocenters. The van der Waals surface area contributed by atoms with Crippen molar-refractivity contribution < 1.29 is 13.9 Å². The normalized spacial score (nSPS) is 25.3. The van der Waals surface area contributed by atoms with Gasteiger partial charge >= 0.3 is 0 Å². The van der Waals surface area contributed by atoms with E-state index in [-0.39, 0.29) is 12.1 Å². The van der Waals surface area contributed by atoms with Crippen LogP contribution in [0.25, 0.3) is 0 Å². The summed E-state index contributed by atoms with van der Waals surface area (Å²) < 4.78 is 26.5. The Balaban J connectivity index is 1.90. The number of halogens is 2. The second kappa shape index (κ2) is 6.44. The highest BCUT2D eigenvalue weighted by atomic mass is 19.1. The van der Waals surface area contributed by atoms with Crippen molar-refractivity contribution in [2.24, 2.45) is 5.92 Å². The van der Waals surface area contributed by atoms with Crippen LogP contribution < -0.4 is 5.32 Å². The molecule has 0 spiro atoms. The van der Waals surface area contributed by atoms with E-state index in [2.05, 4.69) is 12.2 Å². The third-order valence-electron chi connectivity index (χ3n) is 3.85. The molecule has 19 heavy (non-hydrogen) atoms. The lowest BCUT2D eigenvalue weighted by Gasteiger charge is -2.28. The summed E-state index contributed by atoms with van der Waals surface area (Å²) in [5.74, 6) is -0.399. The summed E-state index contributed by atoms with van der Waals surface area (Å²) in [6, 6.07) is 3.54. The Bertz CT molecular complexity index is 425. The number of hydrogen-bond donors (Lipinski definition) is 2. The van der Waals surface area contributed by atoms with Gasteiger partial charge in [-0.05, 0) is 37.0 Å². The molecule has 1 saturated carbocycles. The molecule has 0 heterocycles. The Morgan fingerprint density at radius 1 is 1.37 bits per heavy atom. The zero-order valence-corrected chi connectivity index (χ0v) is 11.2. The molecule has 1 aromatic rings. The van der Waals surface area contributed by atoms with Gasteiger partial charge in [0, 0.05) is 18.2 Å². The zero-order chi connectivity index (χ0) is 13.8. The molecule has 0 aromatic heterocycles. The van der Waals surface area contributed by atoms with Gasteiger partial charge in [0.25, 0.3) is 0 Å². The predicted molar refractivity (Wildman–Crippen MR) is 70.7 cm³/mol. The van der Waals surface area contributed by atoms with Gasteiger partial charge in [0.2, 0.25) is 0 Å². The lowest BCUT2D eigenvalue weighted by atomic mass is 9.87. The number of aliphatic hydroxyl groups excluding tert-OH is 1. The van der Waals surface area contributed by atoms with Crippen molar-refractivity contribution in [1.82, 2.24) is 5.32 Å². The highest BCUT2D eigenvalue weighted by molar-refractivity contribution is 5.21. The first-order valence-electron chi connectivity index (χ1n) is 6.92. The summed E-state index contributed by atoms with van der Waals surface area (Å²) in [6.07, 6.45) is 3.59. The average Bonchev–Trinajstić information content (AvgIpc) is 2.39. The van der Waals surface area contributed by atoms with Gasteiger partial charge in [-0.1, -0.05) is 19.8 Å². The molecule has 2 N–H and O–H groups in total. The van der Waals surface area contributed by atoms with Crippen LogP contribution in [0.4, 0.5) is 8.78 Å². The summed E-state index contributed by atoms with van der Waals surface area (Å²) in [4.78, 5) is 0. The summed E-state index contributed by atoms with van der Waals surface area (Å²) in [6.45, 7) is 2.48. The van der Waals surface area contributed by atoms with Crippen LogP contribution in [0.3, 0.4) is 0 Å². The van der Waals surface area contributed by atoms with E-state index in [1.54, 1.807) is 0 Å². The fraction of sp³-hybridized carbons (Fsp3) is 0.600. The molecule has 1 aliphatic carbocycles. The Morgan fingerprint density at radius 2 is 2.16 bits per heavy atom. The molecule has 1 aliphatic rings. The molecular formula is C15H21F2NO. The fourth-order valence-corrected chi connectivity index (χ4v) is 2.78. The van der Waals surface area contributed by atoms with Crippen LogP contribution >= 0.6 is 0 Å². The van der Waals surface area contributed by atoms with Gasteiger partial charge in [0.1, 0.15) is 11.6 Å². The first-order valence-corrected chi connectivity index (χ1v) is 6.92. The number of aliphatic hydroxyl groups is 1. The molecule has 0 radical (unpaired) electrons. The topological polar surface area (TPSA) is 32.3 Å². The molecule has 1 aromatic carbocycles. The van der Waals surface area contributed by atoms with Crippen LogP contribution in [0.15, 0.2) is 18.2 Å². The predicted octanol–water partition coefficient (Wildman–Crippen LogP) is 3.17. The summed E-state index contributed by atoms with van der Waals surface area (Å²) >= 11 is 0. The monoisotopic (exact) mass is 269 g/mol. The molecule has 4 heteroatoms. The van der Waals surface area contributed by atoms with Gasteiger partial charge in [0.15, 0.2) is 0 Å². The molecule has 0 amide bonds. The second-order valence-electron chi connectivity index (χ2n) is 5.56. The van der Waals surface area contributed by atoms with Crippen molar-refractivity contribution in [1.29, 1.82) is 0 Å². The highest BCUT2D eigenvalue weighted by Gasteiger charge is 2.20. The number of benzene rings is 1. The van der Waals surface area contributed by atoms with Crippen molar-refractivity contribution >= 4 is 0 Å². The van der Waals surface area contributed by atoms with Crippen LogP contribution in [0, 0.1) is 17.6 Å². The lowest BCUT2D eigenvalue weighted by Crippen LogP contribution is -2.36. The maximum atomic E-state index is 13.5. The van der Waals surface area contributed by atoms with Crippen LogP contribution in [0.1, 0.15) is 44.3 Å². The first kappa shape index (κ1) is 14.4. The average molecular weight is 269 g/mol. The Kier molecular flexibility index (Phi) is 4.88. The first-order chi connectivity index (χ1) is 9.06. The summed E-state index contributed by atoms with van der Waals surface area (Å²) in [5.41, 5.74) is 0.0244. The molecule has 0 aliphatic heterocycles. The van der Waals surface area contributed by atoms with Gasteiger partial charge in [-0.3, -0.25) is 0 Å². The highest BCUT2D eigenvalue weighted by Crippen LogP contribution is 2.24. The Morgan fingerprint density at radius 3 is 2.89 bits per heavy atom. The molecule has 2 nitrogen and oxygen atoms in total. The maximum absolute atomic E-state index is 13.5. The molecule has 2 rings (SSSR count). The standard InChI is InChI=1S/C15H21F2NO/c1-10-3-2-4-12(7-10)18-9-15(19)13-8-11(16)5-6-14(13)17/h5-6,8,10,12,15,18-19H,2-4,7,9H2,1H3. The van der Waals surface area contributed by atoms with Crippen LogP contribution in [0.2, 0.25) is 0 Å². The van der Waals surface area contributed by atoms with Gasteiger partial charge in [-0.25, -0.2) is 8.78 Å². The fourth-order valence-electron chi connectivity index (χ4n) is 2.78. The Hall–Kier alpha value is -1.00. The number of rotatable bonds is 4. The van der Waals surface area contributed by atoms with Crippen LogP contribution in [-0.4, -0.2) is 17.7 Å². The third kappa shape index (κ3) is 3.98. The maximum Gasteiger partial charge on any atom is 0.129 e. The minimum Gasteiger partial charge on any atom is -0.387 e. The summed E-state index contributed by atoms with van der Waals surface area (Å²) in [7, 11) is 0. The number of nitrogens with one attached hydrogen (secondary N) is 1. The van der Waals surface area contributed by atoms with Crippen molar-refractivity contribution in [2.75, 3.05) is 6.54 Å². The Labute approximate surface area is 112 Å². The van der Waals surface area contributed by atoms with E-state index in [9.17, 15) is 13.9 Å². The molecular weight excluding hydrogens is 248 g/mol. The van der Waals surface area contributed by atoms with Crippen molar-refractivity contribution in [3.63, 3.8) is 0 Å². The second-order valence-corrected chi connectivity index (χ2v) is 5.56. The van der Waals surface area contributed by atoms with Gasteiger partial charge in [-0.2, -0.15) is 0 Å². The molecule has 0 saturated heterocycles. The smallest absolute Gasteiger partial charge is 0.129 e. The van der Waals surface area contributed by atoms with Crippen molar-refractivity contribution in [3.8, 4) is 0 Å². The quantitative estimate of drug-likeness (QED) is 0.880. The van der Waals surface area contributed by atoms with E-state index in [1.165, 1.54) is 12.8 Å². The SMILES string of the molecule is CC1CCCC(NCC(O)c2cc(F)ccc2F)C1. The van der Waals surface area contributed by atoms with E-state index < -0.39 is 17.7 Å². The molecule has 3 unspecified atom stereocenters. The van der Waals surface area contributed by atoms with Crippen molar-refractivity contribution in [2.45, 2.75) is 44.8 Å². The zero-order valence-electron chi connectivity index (χ0n) is 11.2. The van der Waals surface area contributed by atoms with E-state index in [1.807, 2.05) is 0 Å². The van der Waals surface area contributed by atoms with E-state index in [0.717, 1.165) is 31.0 Å². The van der Waals surface area contributed by atoms with Crippen LogP contribution in [0.5, 0.6) is 0 Å². The van der Waals surface area contributed by atoms with E-state index >= 15 is 0 Å². The largest absolute Gasteiger partial charge is 0.387 e. The lowest BCUT2D eigenvalue weighted by molar-refractivity contribution is 0.157. The van der Waals surface area contributed by atoms with Gasteiger partial charge in [0.05, 0.1) is 6.10 Å². The van der Waals surface area contributed by atoms with Gasteiger partial charge < -0.3 is 10.4 Å². The minimum atomic E-state index is -1.01. The molecule has 106 valence electrons.